The maximum atomic E-state index is 12.5. The van der Waals surface area contributed by atoms with Crippen LogP contribution in [0.5, 0.6) is 5.75 Å². The zero-order chi connectivity index (χ0) is 28.4. The van der Waals surface area contributed by atoms with Gasteiger partial charge in [0.1, 0.15) is 10.6 Å². The highest BCUT2D eigenvalue weighted by Gasteiger charge is 2.33. The lowest BCUT2D eigenvalue weighted by Crippen LogP contribution is -2.33. The summed E-state index contributed by atoms with van der Waals surface area (Å²) in [5.74, 6) is -1.31. The van der Waals surface area contributed by atoms with E-state index in [-0.39, 0.29) is 29.1 Å². The van der Waals surface area contributed by atoms with Crippen molar-refractivity contribution in [3.63, 3.8) is 0 Å². The number of amides is 2. The quantitative estimate of drug-likeness (QED) is 0.192. The minimum atomic E-state index is -4.51. The highest BCUT2D eigenvalue weighted by atomic mass is 32.2. The second kappa shape index (κ2) is 10.7. The van der Waals surface area contributed by atoms with E-state index >= 15 is 0 Å². The smallest absolute Gasteiger partial charge is 0.363 e. The van der Waals surface area contributed by atoms with Gasteiger partial charge >= 0.3 is 5.97 Å². The van der Waals surface area contributed by atoms with E-state index in [0.717, 1.165) is 5.56 Å². The van der Waals surface area contributed by atoms with Crippen LogP contribution in [0.4, 0.5) is 0 Å². The Morgan fingerprint density at radius 2 is 1.77 bits per heavy atom. The maximum Gasteiger partial charge on any atom is 0.363 e. The van der Waals surface area contributed by atoms with Crippen molar-refractivity contribution >= 4 is 27.9 Å². The molecular weight excluding hydrogens is 542 g/mol. The lowest BCUT2D eigenvalue weighted by atomic mass is 10.1. The molecule has 204 valence electrons. The molecule has 40 heavy (non-hydrogen) atoms. The molecule has 0 spiro atoms. The number of hydroxylamine groups is 2. The molecule has 1 N–H and O–H groups in total. The lowest BCUT2D eigenvalue weighted by molar-refractivity contribution is -0.688. The highest BCUT2D eigenvalue weighted by Crippen LogP contribution is 2.31. The number of carbonyl (C=O) groups is 3. The van der Waals surface area contributed by atoms with Gasteiger partial charge in [-0.25, -0.2) is 14.3 Å². The van der Waals surface area contributed by atoms with Crippen LogP contribution in [0.2, 0.25) is 0 Å². The molecule has 3 heterocycles. The molecular formula is C27H22N3O9S+. The van der Waals surface area contributed by atoms with Gasteiger partial charge in [0, 0.05) is 41.7 Å². The van der Waals surface area contributed by atoms with Gasteiger partial charge in [-0.1, -0.05) is 12.1 Å². The molecule has 2 aromatic carbocycles. The van der Waals surface area contributed by atoms with E-state index in [0.29, 0.717) is 34.4 Å². The Morgan fingerprint density at radius 3 is 2.45 bits per heavy atom. The van der Waals surface area contributed by atoms with Crippen LogP contribution in [-0.2, 0) is 31.1 Å². The van der Waals surface area contributed by atoms with Gasteiger partial charge in [-0.15, -0.1) is 5.06 Å². The molecule has 0 bridgehead atoms. The first-order chi connectivity index (χ1) is 19.1. The minimum Gasteiger partial charge on any atom is -0.495 e. The number of methoxy groups -OCH3 is 1. The number of aromatic nitrogens is 2. The van der Waals surface area contributed by atoms with Gasteiger partial charge in [-0.05, 0) is 30.3 Å². The number of ether oxygens (including phenoxy) is 1. The van der Waals surface area contributed by atoms with Gasteiger partial charge in [0.15, 0.2) is 24.7 Å². The number of pyridine rings is 1. The zero-order valence-corrected chi connectivity index (χ0v) is 21.8. The Labute approximate surface area is 228 Å². The summed E-state index contributed by atoms with van der Waals surface area (Å²) in [6.45, 7) is 0.407. The molecule has 0 radical (unpaired) electrons. The number of hydrogen-bond acceptors (Lipinski definition) is 9. The molecule has 4 aromatic rings. The first-order valence-electron chi connectivity index (χ1n) is 11.9. The van der Waals surface area contributed by atoms with E-state index in [1.165, 1.54) is 31.5 Å². The van der Waals surface area contributed by atoms with Crippen molar-refractivity contribution in [2.75, 3.05) is 7.11 Å². The number of carbonyl (C=O) groups excluding carboxylic acids is 3. The third-order valence-corrected chi connectivity index (χ3v) is 6.95. The predicted octanol–water partition coefficient (Wildman–Crippen LogP) is 2.82. The van der Waals surface area contributed by atoms with Crippen molar-refractivity contribution in [2.24, 2.45) is 0 Å². The number of imide groups is 1. The van der Waals surface area contributed by atoms with Crippen LogP contribution >= 0.6 is 0 Å². The summed E-state index contributed by atoms with van der Waals surface area (Å²) in [6, 6.07) is 14.4. The van der Waals surface area contributed by atoms with E-state index in [9.17, 15) is 27.4 Å². The fourth-order valence-electron chi connectivity index (χ4n) is 4.08. The van der Waals surface area contributed by atoms with Gasteiger partial charge in [-0.3, -0.25) is 14.1 Å². The Kier molecular flexibility index (Phi) is 7.15. The first-order valence-corrected chi connectivity index (χ1v) is 13.3. The average molecular weight is 565 g/mol. The summed E-state index contributed by atoms with van der Waals surface area (Å²) < 4.78 is 45.6. The molecule has 0 atom stereocenters. The van der Waals surface area contributed by atoms with Gasteiger partial charge in [0.05, 0.1) is 18.9 Å². The fraction of sp³-hybridized carbons (Fsp3) is 0.148. The first kappa shape index (κ1) is 26.7. The summed E-state index contributed by atoms with van der Waals surface area (Å²) in [5.41, 5.74) is 2.02. The third-order valence-electron chi connectivity index (χ3n) is 6.08. The summed E-state index contributed by atoms with van der Waals surface area (Å²) in [7, 11) is -3.22. The van der Waals surface area contributed by atoms with E-state index in [2.05, 4.69) is 4.98 Å². The number of hydrogen-bond donors (Lipinski definition) is 1. The van der Waals surface area contributed by atoms with Gasteiger partial charge in [-0.2, -0.15) is 8.42 Å². The minimum absolute atomic E-state index is 0.00201. The average Bonchev–Trinajstić information content (AvgIpc) is 3.56. The Morgan fingerprint density at radius 1 is 1.05 bits per heavy atom. The Balaban J connectivity index is 1.29. The van der Waals surface area contributed by atoms with Crippen molar-refractivity contribution < 1.29 is 45.9 Å². The van der Waals surface area contributed by atoms with Crippen molar-refractivity contribution in [2.45, 2.75) is 24.3 Å². The molecule has 1 aliphatic rings. The van der Waals surface area contributed by atoms with E-state index < -0.39 is 27.9 Å². The molecule has 13 heteroatoms. The summed E-state index contributed by atoms with van der Waals surface area (Å²) in [4.78, 5) is 44.8. The molecule has 1 saturated heterocycles. The van der Waals surface area contributed by atoms with E-state index in [1.54, 1.807) is 42.7 Å². The largest absolute Gasteiger partial charge is 0.495 e. The second-order valence-electron chi connectivity index (χ2n) is 8.79. The monoisotopic (exact) mass is 564 g/mol. The molecule has 5 rings (SSSR count). The van der Waals surface area contributed by atoms with Crippen LogP contribution in [0.25, 0.3) is 22.8 Å². The molecule has 1 fully saturated rings. The van der Waals surface area contributed by atoms with Crippen LogP contribution < -0.4 is 9.30 Å². The normalized spacial score (nSPS) is 13.5. The van der Waals surface area contributed by atoms with Crippen LogP contribution in [0.1, 0.15) is 28.8 Å². The SMILES string of the molecule is COc1ccc(-c2cnc(-c3cc[n+](Cc4cccc(C(=O)ON5C(=O)CCC5=O)c4)cc3)o2)cc1S(=O)(=O)O. The summed E-state index contributed by atoms with van der Waals surface area (Å²) in [6.07, 6.45) is 5.05. The molecule has 0 saturated carbocycles. The number of rotatable bonds is 8. The van der Waals surface area contributed by atoms with Crippen LogP contribution in [-0.4, -0.2) is 47.9 Å². The number of benzene rings is 2. The van der Waals surface area contributed by atoms with Crippen LogP contribution in [0.3, 0.4) is 0 Å². The summed E-state index contributed by atoms with van der Waals surface area (Å²) in [5, 5.41) is 0.513. The molecule has 12 nitrogen and oxygen atoms in total. The van der Waals surface area contributed by atoms with Gasteiger partial charge in [0.2, 0.25) is 5.89 Å². The van der Waals surface area contributed by atoms with Crippen molar-refractivity contribution in [3.8, 4) is 28.5 Å². The molecule has 0 aliphatic carbocycles. The van der Waals surface area contributed by atoms with Crippen LogP contribution in [0, 0.1) is 0 Å². The predicted molar refractivity (Wildman–Crippen MR) is 136 cm³/mol. The Hall–Kier alpha value is -4.88. The molecule has 2 amide bonds. The molecule has 1 aliphatic heterocycles. The Bertz CT molecular complexity index is 1710. The van der Waals surface area contributed by atoms with E-state index in [1.807, 2.05) is 10.6 Å². The van der Waals surface area contributed by atoms with Crippen molar-refractivity contribution in [3.05, 3.63) is 84.3 Å². The molecule has 2 aromatic heterocycles. The van der Waals surface area contributed by atoms with Gasteiger partial charge in [0.25, 0.3) is 21.9 Å². The van der Waals surface area contributed by atoms with Crippen molar-refractivity contribution in [1.29, 1.82) is 0 Å². The lowest BCUT2D eigenvalue weighted by Gasteiger charge is -2.12. The number of nitrogens with zero attached hydrogens (tertiary/aromatic N) is 3. The topological polar surface area (TPSA) is 157 Å². The standard InChI is InChI=1S/C27H21N3O9S/c1-37-21-6-5-19(14-23(21)40(34,35)36)22-15-28-26(38-22)18-9-11-29(12-10-18)16-17-3-2-4-20(13-17)27(33)39-30-24(31)7-8-25(30)32/h2-6,9-15H,7-8,16H2,1H3/p+1. The van der Waals surface area contributed by atoms with Crippen molar-refractivity contribution in [1.82, 2.24) is 10.0 Å². The van der Waals surface area contributed by atoms with E-state index in [4.69, 9.17) is 14.0 Å². The van der Waals surface area contributed by atoms with Gasteiger partial charge < -0.3 is 14.0 Å². The maximum absolute atomic E-state index is 12.5. The highest BCUT2D eigenvalue weighted by molar-refractivity contribution is 7.86. The zero-order valence-electron chi connectivity index (χ0n) is 21.0. The third kappa shape index (κ3) is 5.60. The fourth-order valence-corrected chi connectivity index (χ4v) is 4.76. The molecule has 0 unspecified atom stereocenters. The van der Waals surface area contributed by atoms with Crippen LogP contribution in [0.15, 0.2) is 82.5 Å². The second-order valence-corrected chi connectivity index (χ2v) is 10.2. The number of oxazole rings is 1. The summed E-state index contributed by atoms with van der Waals surface area (Å²) >= 11 is 0.